The highest BCUT2D eigenvalue weighted by Gasteiger charge is 2.09. The van der Waals surface area contributed by atoms with Gasteiger partial charge in [0.05, 0.1) is 0 Å². The van der Waals surface area contributed by atoms with Gasteiger partial charge in [0.1, 0.15) is 17.0 Å². The maximum atomic E-state index is 13.6. The van der Waals surface area contributed by atoms with Gasteiger partial charge in [-0.25, -0.2) is 4.39 Å². The summed E-state index contributed by atoms with van der Waals surface area (Å²) < 4.78 is 19.3. The van der Waals surface area contributed by atoms with Gasteiger partial charge in [-0.15, -0.1) is 8.93 Å². The molecule has 0 spiro atoms. The summed E-state index contributed by atoms with van der Waals surface area (Å²) in [5.74, 6) is -0.183. The Morgan fingerprint density at radius 3 is 2.65 bits per heavy atom. The minimum absolute atomic E-state index is 0.183. The van der Waals surface area contributed by atoms with E-state index in [9.17, 15) is 4.39 Å². The highest BCUT2D eigenvalue weighted by molar-refractivity contribution is 8.06. The van der Waals surface area contributed by atoms with Crippen molar-refractivity contribution in [1.82, 2.24) is 0 Å². The molecule has 0 saturated heterocycles. The van der Waals surface area contributed by atoms with Crippen molar-refractivity contribution >= 4 is 44.4 Å². The summed E-state index contributed by atoms with van der Waals surface area (Å²) in [4.78, 5) is 0. The second-order valence-corrected chi connectivity index (χ2v) is 5.79. The summed E-state index contributed by atoms with van der Waals surface area (Å²) in [7, 11) is 3.37. The first kappa shape index (κ1) is 11.1. The lowest BCUT2D eigenvalue weighted by Crippen LogP contribution is -1.87. The van der Waals surface area contributed by atoms with Crippen LogP contribution in [0.1, 0.15) is 5.56 Å². The normalized spacial score (nSPS) is 12.2. The molecule has 2 atom stereocenters. The number of fused-ring (bicyclic) bond motifs is 3. The molecule has 3 aromatic rings. The van der Waals surface area contributed by atoms with Crippen LogP contribution in [0.5, 0.6) is 0 Å². The highest BCUT2D eigenvalue weighted by Crippen LogP contribution is 2.31. The van der Waals surface area contributed by atoms with Gasteiger partial charge >= 0.3 is 0 Å². The minimum Gasteiger partial charge on any atom is -0.456 e. The van der Waals surface area contributed by atoms with E-state index in [1.54, 1.807) is 19.1 Å². The Labute approximate surface area is 102 Å². The third-order valence-electron chi connectivity index (χ3n) is 2.92. The standard InChI is InChI=1S/C13H11FOP2/c1-7-4-12-10(6-11(7)14)9-3-2-8(17-16)5-13(9)15-12/h2-6,17H,16H2,1H3. The minimum atomic E-state index is -0.183. The predicted octanol–water partition coefficient (Wildman–Crippen LogP) is 4.13. The van der Waals surface area contributed by atoms with Crippen molar-refractivity contribution in [3.8, 4) is 0 Å². The number of halogens is 1. The van der Waals surface area contributed by atoms with Gasteiger partial charge in [-0.05, 0) is 42.1 Å². The number of benzene rings is 2. The van der Waals surface area contributed by atoms with Crippen LogP contribution in [0.2, 0.25) is 0 Å². The smallest absolute Gasteiger partial charge is 0.136 e. The van der Waals surface area contributed by atoms with Crippen LogP contribution in [0.4, 0.5) is 4.39 Å². The van der Waals surface area contributed by atoms with E-state index in [0.29, 0.717) is 13.8 Å². The summed E-state index contributed by atoms with van der Waals surface area (Å²) in [5, 5.41) is 3.05. The number of hydrogen-bond donors (Lipinski definition) is 0. The highest BCUT2D eigenvalue weighted by atomic mass is 32.0. The molecule has 1 heterocycles. The second kappa shape index (κ2) is 4.05. The van der Waals surface area contributed by atoms with Gasteiger partial charge in [-0.2, -0.15) is 0 Å². The first-order valence-electron chi connectivity index (χ1n) is 5.28. The fraction of sp³-hybridized carbons (Fsp3) is 0.0769. The molecule has 0 aliphatic heterocycles. The molecule has 86 valence electrons. The van der Waals surface area contributed by atoms with E-state index in [2.05, 4.69) is 15.0 Å². The van der Waals surface area contributed by atoms with Crippen LogP contribution < -0.4 is 5.30 Å². The molecule has 0 aliphatic rings. The van der Waals surface area contributed by atoms with E-state index in [1.807, 2.05) is 12.1 Å². The maximum absolute atomic E-state index is 13.6. The lowest BCUT2D eigenvalue weighted by atomic mass is 10.1. The number of aryl methyl sites for hydroxylation is 1. The molecule has 0 radical (unpaired) electrons. The predicted molar refractivity (Wildman–Crippen MR) is 76.1 cm³/mol. The first-order chi connectivity index (χ1) is 8.19. The quantitative estimate of drug-likeness (QED) is 0.602. The van der Waals surface area contributed by atoms with Gasteiger partial charge in [-0.1, -0.05) is 14.3 Å². The Balaban J connectivity index is 2.41. The van der Waals surface area contributed by atoms with Crippen LogP contribution in [0.25, 0.3) is 21.9 Å². The van der Waals surface area contributed by atoms with Gasteiger partial charge in [0.25, 0.3) is 0 Å². The summed E-state index contributed by atoms with van der Waals surface area (Å²) in [6, 6.07) is 9.39. The van der Waals surface area contributed by atoms with Gasteiger partial charge in [-0.3, -0.25) is 0 Å². The van der Waals surface area contributed by atoms with Gasteiger partial charge < -0.3 is 4.42 Å². The largest absolute Gasteiger partial charge is 0.456 e. The van der Waals surface area contributed by atoms with Crippen molar-refractivity contribution in [2.45, 2.75) is 6.92 Å². The zero-order valence-corrected chi connectivity index (χ0v) is 11.4. The van der Waals surface area contributed by atoms with E-state index < -0.39 is 0 Å². The lowest BCUT2D eigenvalue weighted by molar-refractivity contribution is 0.617. The van der Waals surface area contributed by atoms with Crippen LogP contribution in [0.15, 0.2) is 34.7 Å². The van der Waals surface area contributed by atoms with Gasteiger partial charge in [0.2, 0.25) is 0 Å². The maximum Gasteiger partial charge on any atom is 0.136 e. The van der Waals surface area contributed by atoms with Crippen LogP contribution in [0, 0.1) is 12.7 Å². The molecule has 0 saturated carbocycles. The number of rotatable bonds is 1. The molecular formula is C13H11FOP2. The first-order valence-corrected chi connectivity index (χ1v) is 8.09. The Hall–Kier alpha value is -0.970. The molecule has 1 nitrogen and oxygen atoms in total. The van der Waals surface area contributed by atoms with Crippen molar-refractivity contribution < 1.29 is 8.81 Å². The zero-order valence-electron chi connectivity index (χ0n) is 9.25. The SMILES string of the molecule is Cc1cc2oc3cc(PP)ccc3c2cc1F. The van der Waals surface area contributed by atoms with E-state index in [0.717, 1.165) is 21.9 Å². The summed E-state index contributed by atoms with van der Waals surface area (Å²) in [6.45, 7) is 1.75. The fourth-order valence-corrected chi connectivity index (χ4v) is 2.92. The van der Waals surface area contributed by atoms with Gasteiger partial charge in [0.15, 0.2) is 0 Å². The third-order valence-corrected chi connectivity index (χ3v) is 4.56. The van der Waals surface area contributed by atoms with Crippen molar-refractivity contribution in [3.05, 3.63) is 41.7 Å². The third kappa shape index (κ3) is 1.76. The number of hydrogen-bond acceptors (Lipinski definition) is 1. The topological polar surface area (TPSA) is 13.1 Å². The Morgan fingerprint density at radius 1 is 1.12 bits per heavy atom. The van der Waals surface area contributed by atoms with E-state index in [4.69, 9.17) is 4.42 Å². The Morgan fingerprint density at radius 2 is 1.88 bits per heavy atom. The monoisotopic (exact) mass is 264 g/mol. The van der Waals surface area contributed by atoms with Crippen LogP contribution in [0.3, 0.4) is 0 Å². The molecule has 2 aromatic carbocycles. The molecule has 17 heavy (non-hydrogen) atoms. The molecule has 4 heteroatoms. The summed E-state index contributed by atoms with van der Waals surface area (Å²) in [5.41, 5.74) is 2.20. The Bertz CT molecular complexity index is 718. The van der Waals surface area contributed by atoms with Crippen molar-refractivity contribution in [1.29, 1.82) is 0 Å². The molecular weight excluding hydrogens is 253 g/mol. The van der Waals surface area contributed by atoms with Crippen LogP contribution in [-0.4, -0.2) is 0 Å². The molecule has 0 aliphatic carbocycles. The average Bonchev–Trinajstić information content (AvgIpc) is 2.66. The molecule has 0 bridgehead atoms. The summed E-state index contributed by atoms with van der Waals surface area (Å²) in [6.07, 6.45) is 0. The van der Waals surface area contributed by atoms with E-state index >= 15 is 0 Å². The molecule has 0 amide bonds. The molecule has 0 N–H and O–H groups in total. The zero-order chi connectivity index (χ0) is 12.0. The Kier molecular flexibility index (Phi) is 2.65. The van der Waals surface area contributed by atoms with E-state index in [-0.39, 0.29) is 5.82 Å². The molecule has 1 aromatic heterocycles. The van der Waals surface area contributed by atoms with Crippen LogP contribution in [-0.2, 0) is 0 Å². The molecule has 0 fully saturated rings. The summed E-state index contributed by atoms with van der Waals surface area (Å²) >= 11 is 0. The van der Waals surface area contributed by atoms with E-state index in [1.165, 1.54) is 5.30 Å². The lowest BCUT2D eigenvalue weighted by Gasteiger charge is -1.95. The molecule has 2 unspecified atom stereocenters. The van der Waals surface area contributed by atoms with Crippen molar-refractivity contribution in [2.24, 2.45) is 0 Å². The second-order valence-electron chi connectivity index (χ2n) is 4.05. The molecule has 3 rings (SSSR count). The van der Waals surface area contributed by atoms with Crippen molar-refractivity contribution in [2.75, 3.05) is 0 Å². The van der Waals surface area contributed by atoms with Crippen molar-refractivity contribution in [3.63, 3.8) is 0 Å². The fourth-order valence-electron chi connectivity index (χ4n) is 1.99. The van der Waals surface area contributed by atoms with Crippen LogP contribution >= 0.6 is 17.2 Å². The van der Waals surface area contributed by atoms with Gasteiger partial charge in [0, 0.05) is 10.8 Å². The average molecular weight is 264 g/mol. The number of furan rings is 1.